The van der Waals surface area contributed by atoms with E-state index in [0.29, 0.717) is 5.56 Å². The standard InChI is InChI=1S/C35H51N7O11/c1-17(2)14-24-33(49)42-28(35(52)53)19(4)30(46)40-25(15-22-10-8-7-9-11-22)32(48)38-20(5)18(3)29(45)39-23(34(50)51)12-13-26(43)36-16-27(44)37-21(6)31(47)41-24/h7-11,17-21,23-25,28H,12-16H2,1-6H3,(H,36,43)(H,37,44)(H,38,48)(H,39,45)(H,40,46)(H,41,47)(H,42,49)(H,50,51)(H,52,53)/t18-,19-,20-,21-,23-,24?,25?,28?/m0/s1. The Kier molecular flexibility index (Phi) is 16.9. The zero-order valence-corrected chi connectivity index (χ0v) is 30.7. The largest absolute Gasteiger partial charge is 0.480 e. The molecule has 3 unspecified atom stereocenters. The van der Waals surface area contributed by atoms with Crippen molar-refractivity contribution < 1.29 is 53.4 Å². The summed E-state index contributed by atoms with van der Waals surface area (Å²) in [7, 11) is 0. The average Bonchev–Trinajstić information content (AvgIpc) is 3.09. The van der Waals surface area contributed by atoms with Crippen molar-refractivity contribution >= 4 is 53.3 Å². The molecule has 9 N–H and O–H groups in total. The Morgan fingerprint density at radius 2 is 1.26 bits per heavy atom. The van der Waals surface area contributed by atoms with Gasteiger partial charge in [0.15, 0.2) is 0 Å². The zero-order valence-electron chi connectivity index (χ0n) is 30.7. The van der Waals surface area contributed by atoms with Crippen LogP contribution in [0.1, 0.15) is 66.4 Å². The van der Waals surface area contributed by atoms with Crippen LogP contribution in [0.5, 0.6) is 0 Å². The summed E-state index contributed by atoms with van der Waals surface area (Å²) >= 11 is 0. The van der Waals surface area contributed by atoms with Crippen LogP contribution in [0.3, 0.4) is 0 Å². The number of benzene rings is 1. The fourth-order valence-electron chi connectivity index (χ4n) is 5.31. The molecule has 0 saturated carbocycles. The third-order valence-electron chi connectivity index (χ3n) is 8.76. The smallest absolute Gasteiger partial charge is 0.327 e. The third-order valence-corrected chi connectivity index (χ3v) is 8.76. The summed E-state index contributed by atoms with van der Waals surface area (Å²) in [5.74, 6) is -11.2. The molecule has 2 rings (SSSR count). The molecule has 1 aromatic rings. The molecule has 0 aromatic heterocycles. The van der Waals surface area contributed by atoms with Crippen molar-refractivity contribution in [2.45, 2.75) is 103 Å². The number of amides is 7. The van der Waals surface area contributed by atoms with Crippen LogP contribution in [0.4, 0.5) is 0 Å². The lowest BCUT2D eigenvalue weighted by molar-refractivity contribution is -0.146. The van der Waals surface area contributed by atoms with E-state index in [1.54, 1.807) is 44.2 Å². The first-order valence-electron chi connectivity index (χ1n) is 17.4. The van der Waals surface area contributed by atoms with Gasteiger partial charge in [0, 0.05) is 18.9 Å². The van der Waals surface area contributed by atoms with Crippen molar-refractivity contribution in [3.63, 3.8) is 0 Å². The van der Waals surface area contributed by atoms with E-state index in [0.717, 1.165) is 0 Å². The second kappa shape index (κ2) is 20.5. The van der Waals surface area contributed by atoms with Gasteiger partial charge in [-0.15, -0.1) is 0 Å². The number of carbonyl (C=O) groups excluding carboxylic acids is 7. The van der Waals surface area contributed by atoms with Crippen LogP contribution in [0.25, 0.3) is 0 Å². The number of aliphatic carboxylic acids is 2. The molecule has 0 bridgehead atoms. The Morgan fingerprint density at radius 3 is 1.85 bits per heavy atom. The molecular formula is C35H51N7O11. The fourth-order valence-corrected chi connectivity index (χ4v) is 5.31. The predicted octanol–water partition coefficient (Wildman–Crippen LogP) is -1.42. The Hall–Kier alpha value is -5.55. The van der Waals surface area contributed by atoms with Gasteiger partial charge in [-0.25, -0.2) is 9.59 Å². The molecule has 1 aliphatic rings. The van der Waals surface area contributed by atoms with Crippen LogP contribution in [0.2, 0.25) is 0 Å². The second-order valence-electron chi connectivity index (χ2n) is 13.6. The summed E-state index contributed by atoms with van der Waals surface area (Å²) in [6.45, 7) is 8.46. The number of hydrogen-bond acceptors (Lipinski definition) is 9. The number of carboxylic acids is 2. The first kappa shape index (κ1) is 43.6. The van der Waals surface area contributed by atoms with Crippen LogP contribution >= 0.6 is 0 Å². The van der Waals surface area contributed by atoms with Gasteiger partial charge in [0.2, 0.25) is 41.4 Å². The number of hydrogen-bond donors (Lipinski definition) is 9. The van der Waals surface area contributed by atoms with E-state index in [4.69, 9.17) is 0 Å². The van der Waals surface area contributed by atoms with E-state index in [-0.39, 0.29) is 31.6 Å². The number of rotatable bonds is 6. The molecule has 292 valence electrons. The van der Waals surface area contributed by atoms with Crippen molar-refractivity contribution in [3.8, 4) is 0 Å². The molecule has 0 aliphatic carbocycles. The topological polar surface area (TPSA) is 278 Å². The maximum Gasteiger partial charge on any atom is 0.327 e. The lowest BCUT2D eigenvalue weighted by Gasteiger charge is -2.28. The van der Waals surface area contributed by atoms with E-state index in [1.165, 1.54) is 27.7 Å². The lowest BCUT2D eigenvalue weighted by atomic mass is 9.97. The van der Waals surface area contributed by atoms with Crippen molar-refractivity contribution in [1.82, 2.24) is 37.2 Å². The molecule has 1 fully saturated rings. The Labute approximate surface area is 307 Å². The van der Waals surface area contributed by atoms with E-state index in [1.807, 2.05) is 0 Å². The molecule has 1 aliphatic heterocycles. The van der Waals surface area contributed by atoms with Gasteiger partial charge in [0.1, 0.15) is 30.2 Å². The summed E-state index contributed by atoms with van der Waals surface area (Å²) in [6, 6.07) is 0.647. The summed E-state index contributed by atoms with van der Waals surface area (Å²) in [6.07, 6.45) is -0.695. The van der Waals surface area contributed by atoms with Gasteiger partial charge in [-0.3, -0.25) is 33.6 Å². The molecule has 7 amide bonds. The Morgan fingerprint density at radius 1 is 0.679 bits per heavy atom. The highest BCUT2D eigenvalue weighted by atomic mass is 16.4. The first-order chi connectivity index (χ1) is 24.8. The highest BCUT2D eigenvalue weighted by molar-refractivity contribution is 5.96. The molecule has 1 saturated heterocycles. The molecule has 1 heterocycles. The average molecular weight is 746 g/mol. The van der Waals surface area contributed by atoms with Crippen LogP contribution in [0.15, 0.2) is 30.3 Å². The summed E-state index contributed by atoms with van der Waals surface area (Å²) in [5.41, 5.74) is 0.636. The van der Waals surface area contributed by atoms with Crippen molar-refractivity contribution in [2.24, 2.45) is 17.8 Å². The molecule has 18 heteroatoms. The molecule has 0 spiro atoms. The van der Waals surface area contributed by atoms with Gasteiger partial charge < -0.3 is 47.4 Å². The number of carbonyl (C=O) groups is 9. The molecule has 53 heavy (non-hydrogen) atoms. The second-order valence-corrected chi connectivity index (χ2v) is 13.6. The zero-order chi connectivity index (χ0) is 40.0. The van der Waals surface area contributed by atoms with E-state index < -0.39 is 108 Å². The number of nitrogens with one attached hydrogen (secondary N) is 7. The monoisotopic (exact) mass is 745 g/mol. The highest BCUT2D eigenvalue weighted by Crippen LogP contribution is 2.12. The number of carboxylic acid groups (broad SMARTS) is 2. The SMILES string of the molecule is CC(C)CC1NC(=O)[C@H](C)NC(=O)CNC(=O)CC[C@@H](C(=O)O)NC(=O)[C@@H](C)[C@H](C)NC(=O)C(Cc2ccccc2)NC(=O)[C@@H](C)C(C(=O)O)NC1=O. The Bertz CT molecular complexity index is 1520. The minimum Gasteiger partial charge on any atom is -0.480 e. The fraction of sp³-hybridized carbons (Fsp3) is 0.571. The van der Waals surface area contributed by atoms with E-state index in [9.17, 15) is 53.4 Å². The van der Waals surface area contributed by atoms with Crippen molar-refractivity contribution in [1.29, 1.82) is 0 Å². The summed E-state index contributed by atoms with van der Waals surface area (Å²) < 4.78 is 0. The van der Waals surface area contributed by atoms with Crippen LogP contribution < -0.4 is 37.2 Å². The van der Waals surface area contributed by atoms with Crippen molar-refractivity contribution in [3.05, 3.63) is 35.9 Å². The summed E-state index contributed by atoms with van der Waals surface area (Å²) in [5, 5.41) is 36.8. The molecule has 1 aromatic carbocycles. The minimum atomic E-state index is -1.80. The van der Waals surface area contributed by atoms with Gasteiger partial charge in [-0.05, 0) is 38.2 Å². The van der Waals surface area contributed by atoms with E-state index in [2.05, 4.69) is 37.2 Å². The van der Waals surface area contributed by atoms with Crippen LogP contribution in [-0.4, -0.2) is 106 Å². The Balaban J connectivity index is 2.48. The van der Waals surface area contributed by atoms with Crippen molar-refractivity contribution in [2.75, 3.05) is 6.54 Å². The van der Waals surface area contributed by atoms with Gasteiger partial charge in [0.25, 0.3) is 0 Å². The lowest BCUT2D eigenvalue weighted by Crippen LogP contribution is -2.59. The maximum atomic E-state index is 13.6. The highest BCUT2D eigenvalue weighted by Gasteiger charge is 2.37. The van der Waals surface area contributed by atoms with Crippen LogP contribution in [0, 0.1) is 17.8 Å². The van der Waals surface area contributed by atoms with E-state index >= 15 is 0 Å². The quantitative estimate of drug-likeness (QED) is 0.163. The van der Waals surface area contributed by atoms with Crippen LogP contribution in [-0.2, 0) is 49.6 Å². The van der Waals surface area contributed by atoms with Gasteiger partial charge in [-0.2, -0.15) is 0 Å². The maximum absolute atomic E-state index is 13.6. The summed E-state index contributed by atoms with van der Waals surface area (Å²) in [4.78, 5) is 116. The minimum absolute atomic E-state index is 0.0388. The normalized spacial score (nSPS) is 28.0. The molecule has 8 atom stereocenters. The first-order valence-corrected chi connectivity index (χ1v) is 17.4. The van der Waals surface area contributed by atoms with Gasteiger partial charge in [0.05, 0.1) is 18.4 Å². The molecule has 0 radical (unpaired) electrons. The molecule has 18 nitrogen and oxygen atoms in total. The predicted molar refractivity (Wildman–Crippen MR) is 188 cm³/mol. The third kappa shape index (κ3) is 14.2. The molecular weight excluding hydrogens is 694 g/mol. The van der Waals surface area contributed by atoms with Gasteiger partial charge >= 0.3 is 11.9 Å². The van der Waals surface area contributed by atoms with Gasteiger partial charge in [-0.1, -0.05) is 58.0 Å².